The highest BCUT2D eigenvalue weighted by molar-refractivity contribution is 9.09. The van der Waals surface area contributed by atoms with Crippen molar-refractivity contribution in [3.8, 4) is 0 Å². The van der Waals surface area contributed by atoms with Crippen LogP contribution in [0.2, 0.25) is 0 Å². The number of benzene rings is 1. The summed E-state index contributed by atoms with van der Waals surface area (Å²) in [6.45, 7) is 0. The van der Waals surface area contributed by atoms with Crippen molar-refractivity contribution >= 4 is 27.0 Å². The van der Waals surface area contributed by atoms with Crippen LogP contribution in [-0.4, -0.2) is 9.97 Å². The second-order valence-corrected chi connectivity index (χ2v) is 4.72. The summed E-state index contributed by atoms with van der Waals surface area (Å²) in [5, 5.41) is 0. The van der Waals surface area contributed by atoms with Crippen LogP contribution in [0.4, 0.5) is 0 Å². The van der Waals surface area contributed by atoms with Gasteiger partial charge in [-0.3, -0.25) is 0 Å². The van der Waals surface area contributed by atoms with E-state index in [0.29, 0.717) is 0 Å². The average Bonchev–Trinajstić information content (AvgIpc) is 2.94. The van der Waals surface area contributed by atoms with Crippen LogP contribution in [0.15, 0.2) is 46.0 Å². The molecule has 2 N–H and O–H groups in total. The number of hydrogen-bond donors (Lipinski definition) is 2. The molecule has 5 heteroatoms. The van der Waals surface area contributed by atoms with E-state index in [4.69, 9.17) is 4.42 Å². The van der Waals surface area contributed by atoms with Gasteiger partial charge in [0.15, 0.2) is 0 Å². The molecule has 1 unspecified atom stereocenters. The van der Waals surface area contributed by atoms with E-state index in [9.17, 15) is 4.79 Å². The van der Waals surface area contributed by atoms with Gasteiger partial charge in [-0.1, -0.05) is 22.0 Å². The Morgan fingerprint density at radius 3 is 2.71 bits per heavy atom. The minimum atomic E-state index is -0.188. The summed E-state index contributed by atoms with van der Waals surface area (Å²) in [5.41, 5.74) is 3.54. The summed E-state index contributed by atoms with van der Waals surface area (Å²) in [6, 6.07) is 7.71. The van der Waals surface area contributed by atoms with Gasteiger partial charge >= 0.3 is 5.69 Å². The molecule has 0 saturated carbocycles. The highest BCUT2D eigenvalue weighted by Gasteiger charge is 2.12. The molecule has 3 rings (SSSR count). The molecule has 0 amide bonds. The van der Waals surface area contributed by atoms with E-state index >= 15 is 0 Å². The van der Waals surface area contributed by atoms with Gasteiger partial charge in [-0.15, -0.1) is 0 Å². The first-order chi connectivity index (χ1) is 8.24. The molecule has 0 radical (unpaired) electrons. The SMILES string of the molecule is O=c1[nH]c2ccc(C(Br)c3ccoc3)cc2[nH]1. The molecule has 1 atom stereocenters. The van der Waals surface area contributed by atoms with Gasteiger partial charge in [0.25, 0.3) is 0 Å². The zero-order chi connectivity index (χ0) is 11.8. The zero-order valence-corrected chi connectivity index (χ0v) is 10.3. The van der Waals surface area contributed by atoms with Crippen LogP contribution in [0.5, 0.6) is 0 Å². The van der Waals surface area contributed by atoms with E-state index in [-0.39, 0.29) is 10.5 Å². The second-order valence-electron chi connectivity index (χ2n) is 3.80. The minimum absolute atomic E-state index is 0.0593. The third-order valence-electron chi connectivity index (χ3n) is 2.67. The Morgan fingerprint density at radius 1 is 1.12 bits per heavy atom. The van der Waals surface area contributed by atoms with Crippen molar-refractivity contribution in [2.45, 2.75) is 4.83 Å². The first-order valence-electron chi connectivity index (χ1n) is 5.12. The summed E-state index contributed by atoms with van der Waals surface area (Å²) in [4.78, 5) is 16.7. The van der Waals surface area contributed by atoms with Crippen molar-refractivity contribution in [1.29, 1.82) is 0 Å². The first-order valence-corrected chi connectivity index (χ1v) is 6.04. The fourth-order valence-electron chi connectivity index (χ4n) is 1.82. The molecule has 86 valence electrons. The maximum atomic E-state index is 11.2. The predicted octanol–water partition coefficient (Wildman–Crippen LogP) is 2.93. The molecule has 2 aromatic heterocycles. The lowest BCUT2D eigenvalue weighted by Crippen LogP contribution is -1.99. The molecule has 3 aromatic rings. The molecule has 0 spiro atoms. The van der Waals surface area contributed by atoms with E-state index in [1.54, 1.807) is 12.5 Å². The van der Waals surface area contributed by atoms with Crippen molar-refractivity contribution < 1.29 is 4.42 Å². The normalized spacial score (nSPS) is 13.0. The number of furan rings is 1. The van der Waals surface area contributed by atoms with Crippen LogP contribution in [0.1, 0.15) is 16.0 Å². The van der Waals surface area contributed by atoms with E-state index in [2.05, 4.69) is 25.9 Å². The van der Waals surface area contributed by atoms with Crippen LogP contribution >= 0.6 is 15.9 Å². The van der Waals surface area contributed by atoms with Crippen molar-refractivity contribution in [1.82, 2.24) is 9.97 Å². The third kappa shape index (κ3) is 1.82. The van der Waals surface area contributed by atoms with Gasteiger partial charge in [-0.25, -0.2) is 4.79 Å². The molecule has 2 heterocycles. The third-order valence-corrected chi connectivity index (χ3v) is 3.73. The van der Waals surface area contributed by atoms with Gasteiger partial charge in [0, 0.05) is 5.56 Å². The van der Waals surface area contributed by atoms with Gasteiger partial charge in [0.1, 0.15) is 0 Å². The highest BCUT2D eigenvalue weighted by atomic mass is 79.9. The molecular weight excluding hydrogens is 284 g/mol. The summed E-state index contributed by atoms with van der Waals surface area (Å²) in [6.07, 6.45) is 3.34. The number of alkyl halides is 1. The Labute approximate surface area is 105 Å². The maximum Gasteiger partial charge on any atom is 0.323 e. The van der Waals surface area contributed by atoms with Gasteiger partial charge in [0.2, 0.25) is 0 Å². The standard InChI is InChI=1S/C12H9BrN2O2/c13-11(8-3-4-17-6-8)7-1-2-9-10(5-7)15-12(16)14-9/h1-6,11H,(H2,14,15,16). The lowest BCUT2D eigenvalue weighted by atomic mass is 10.1. The van der Waals surface area contributed by atoms with E-state index in [1.165, 1.54) is 0 Å². The number of rotatable bonds is 2. The zero-order valence-electron chi connectivity index (χ0n) is 8.74. The Balaban J connectivity index is 2.08. The van der Waals surface area contributed by atoms with Crippen molar-refractivity contribution in [3.63, 3.8) is 0 Å². The molecule has 0 aliphatic heterocycles. The van der Waals surface area contributed by atoms with Gasteiger partial charge in [-0.2, -0.15) is 0 Å². The summed E-state index contributed by atoms with van der Waals surface area (Å²) in [5.74, 6) is 0. The summed E-state index contributed by atoms with van der Waals surface area (Å²) in [7, 11) is 0. The number of hydrogen-bond acceptors (Lipinski definition) is 2. The summed E-state index contributed by atoms with van der Waals surface area (Å²) >= 11 is 3.60. The van der Waals surface area contributed by atoms with Crippen molar-refractivity contribution in [2.24, 2.45) is 0 Å². The number of nitrogens with one attached hydrogen (secondary N) is 2. The number of H-pyrrole nitrogens is 2. The number of halogens is 1. The number of aromatic amines is 2. The lowest BCUT2D eigenvalue weighted by Gasteiger charge is -2.07. The van der Waals surface area contributed by atoms with E-state index in [1.807, 2.05) is 24.3 Å². The second kappa shape index (κ2) is 3.92. The molecule has 4 nitrogen and oxygen atoms in total. The number of fused-ring (bicyclic) bond motifs is 1. The maximum absolute atomic E-state index is 11.2. The Hall–Kier alpha value is -1.75. The van der Waals surface area contributed by atoms with Gasteiger partial charge in [-0.05, 0) is 23.8 Å². The first kappa shape index (κ1) is 10.4. The average molecular weight is 293 g/mol. The Bertz CT molecular complexity index is 697. The lowest BCUT2D eigenvalue weighted by molar-refractivity contribution is 0.564. The van der Waals surface area contributed by atoms with Crippen molar-refractivity contribution in [2.75, 3.05) is 0 Å². The van der Waals surface area contributed by atoms with Gasteiger partial charge < -0.3 is 14.4 Å². The Kier molecular flexibility index (Phi) is 2.40. The number of aromatic nitrogens is 2. The van der Waals surface area contributed by atoms with Crippen LogP contribution in [0, 0.1) is 0 Å². The predicted molar refractivity (Wildman–Crippen MR) is 68.4 cm³/mol. The molecular formula is C12H9BrN2O2. The Morgan fingerprint density at radius 2 is 1.94 bits per heavy atom. The summed E-state index contributed by atoms with van der Waals surface area (Å²) < 4.78 is 5.05. The monoisotopic (exact) mass is 292 g/mol. The largest absolute Gasteiger partial charge is 0.472 e. The van der Waals surface area contributed by atoms with Crippen molar-refractivity contribution in [3.05, 3.63) is 58.4 Å². The van der Waals surface area contributed by atoms with Crippen LogP contribution < -0.4 is 5.69 Å². The van der Waals surface area contributed by atoms with Crippen LogP contribution in [-0.2, 0) is 0 Å². The smallest absolute Gasteiger partial charge is 0.323 e. The van der Waals surface area contributed by atoms with Crippen LogP contribution in [0.3, 0.4) is 0 Å². The molecule has 0 fully saturated rings. The van der Waals surface area contributed by atoms with Gasteiger partial charge in [0.05, 0.1) is 28.4 Å². The fraction of sp³-hybridized carbons (Fsp3) is 0.0833. The highest BCUT2D eigenvalue weighted by Crippen LogP contribution is 2.31. The molecule has 17 heavy (non-hydrogen) atoms. The molecule has 1 aromatic carbocycles. The molecule has 0 saturated heterocycles. The molecule has 0 aliphatic carbocycles. The van der Waals surface area contributed by atoms with Crippen LogP contribution in [0.25, 0.3) is 11.0 Å². The molecule has 0 bridgehead atoms. The molecule has 0 aliphatic rings. The van der Waals surface area contributed by atoms with E-state index < -0.39 is 0 Å². The van der Waals surface area contributed by atoms with E-state index in [0.717, 1.165) is 22.2 Å². The topological polar surface area (TPSA) is 61.8 Å². The quantitative estimate of drug-likeness (QED) is 0.714. The number of imidazole rings is 1. The minimum Gasteiger partial charge on any atom is -0.472 e. The fourth-order valence-corrected chi connectivity index (χ4v) is 2.36.